The van der Waals surface area contributed by atoms with Crippen LogP contribution in [-0.2, 0) is 4.79 Å². The van der Waals surface area contributed by atoms with Crippen LogP contribution in [-0.4, -0.2) is 31.3 Å². The van der Waals surface area contributed by atoms with Gasteiger partial charge in [-0.15, -0.1) is 0 Å². The molecule has 0 atom stereocenters. The minimum absolute atomic E-state index is 0.186. The molecule has 0 bridgehead atoms. The Bertz CT molecular complexity index is 754. The molecule has 114 valence electrons. The third kappa shape index (κ3) is 2.91. The third-order valence-electron chi connectivity index (χ3n) is 3.22. The molecule has 0 saturated carbocycles. The van der Waals surface area contributed by atoms with Crippen molar-refractivity contribution >= 4 is 40.3 Å². The number of hydrogen-bond acceptors (Lipinski definition) is 5. The molecule has 1 aliphatic heterocycles. The zero-order valence-electron chi connectivity index (χ0n) is 12.1. The number of hydrogen-bond donors (Lipinski definition) is 0. The number of amides is 2. The SMILES string of the molecule is CCC/C=C1/SC(=O)N(CSc2cccc3nccn23)C1=O. The Kier molecular flexibility index (Phi) is 4.54. The molecule has 0 aromatic carbocycles. The first-order valence-electron chi connectivity index (χ1n) is 6.99. The molecule has 0 radical (unpaired) electrons. The maximum atomic E-state index is 12.2. The van der Waals surface area contributed by atoms with Crippen LogP contribution >= 0.6 is 23.5 Å². The summed E-state index contributed by atoms with van der Waals surface area (Å²) in [6.07, 6.45) is 7.23. The van der Waals surface area contributed by atoms with Gasteiger partial charge >= 0.3 is 0 Å². The Morgan fingerprint density at radius 3 is 3.05 bits per heavy atom. The van der Waals surface area contributed by atoms with Gasteiger partial charge in [-0.25, -0.2) is 4.98 Å². The van der Waals surface area contributed by atoms with Gasteiger partial charge in [0, 0.05) is 12.4 Å². The van der Waals surface area contributed by atoms with E-state index < -0.39 is 0 Å². The summed E-state index contributed by atoms with van der Waals surface area (Å²) in [4.78, 5) is 30.3. The van der Waals surface area contributed by atoms with Crippen molar-refractivity contribution in [2.24, 2.45) is 0 Å². The van der Waals surface area contributed by atoms with Crippen molar-refractivity contribution in [2.45, 2.75) is 24.8 Å². The van der Waals surface area contributed by atoms with Crippen LogP contribution in [0.15, 0.2) is 46.6 Å². The van der Waals surface area contributed by atoms with Gasteiger partial charge in [0.15, 0.2) is 0 Å². The van der Waals surface area contributed by atoms with Gasteiger partial charge in [0.1, 0.15) is 5.65 Å². The van der Waals surface area contributed by atoms with Crippen LogP contribution in [0.5, 0.6) is 0 Å². The number of rotatable bonds is 5. The lowest BCUT2D eigenvalue weighted by atomic mass is 10.3. The second-order valence-electron chi connectivity index (χ2n) is 4.75. The highest BCUT2D eigenvalue weighted by atomic mass is 32.2. The molecule has 22 heavy (non-hydrogen) atoms. The Balaban J connectivity index is 1.72. The molecule has 1 aliphatic rings. The topological polar surface area (TPSA) is 54.7 Å². The van der Waals surface area contributed by atoms with Crippen molar-refractivity contribution in [3.8, 4) is 0 Å². The molecule has 7 heteroatoms. The first-order valence-corrected chi connectivity index (χ1v) is 8.79. The fraction of sp³-hybridized carbons (Fsp3) is 0.267. The fourth-order valence-electron chi connectivity index (χ4n) is 2.09. The van der Waals surface area contributed by atoms with Crippen molar-refractivity contribution < 1.29 is 9.59 Å². The number of unbranched alkanes of at least 4 members (excludes halogenated alkanes) is 1. The van der Waals surface area contributed by atoms with Crippen molar-refractivity contribution in [1.29, 1.82) is 0 Å². The normalized spacial score (nSPS) is 17.1. The highest BCUT2D eigenvalue weighted by Crippen LogP contribution is 2.33. The van der Waals surface area contributed by atoms with Crippen molar-refractivity contribution in [3.63, 3.8) is 0 Å². The number of carbonyl (C=O) groups excluding carboxylic acids is 2. The summed E-state index contributed by atoms with van der Waals surface area (Å²) in [5, 5.41) is 0.754. The van der Waals surface area contributed by atoms with E-state index >= 15 is 0 Å². The highest BCUT2D eigenvalue weighted by Gasteiger charge is 2.34. The van der Waals surface area contributed by atoms with Crippen molar-refractivity contribution in [2.75, 3.05) is 5.88 Å². The van der Waals surface area contributed by atoms with Crippen LogP contribution in [0.25, 0.3) is 5.65 Å². The Morgan fingerprint density at radius 2 is 2.23 bits per heavy atom. The Hall–Kier alpha value is -1.73. The number of imide groups is 1. The lowest BCUT2D eigenvalue weighted by molar-refractivity contribution is -0.122. The van der Waals surface area contributed by atoms with Gasteiger partial charge in [0.2, 0.25) is 0 Å². The molecular formula is C15H15N3O2S2. The second-order valence-corrected chi connectivity index (χ2v) is 6.71. The summed E-state index contributed by atoms with van der Waals surface area (Å²) < 4.78 is 1.94. The first-order chi connectivity index (χ1) is 10.7. The van der Waals surface area contributed by atoms with Gasteiger partial charge in [0.05, 0.1) is 15.8 Å². The summed E-state index contributed by atoms with van der Waals surface area (Å²) in [6.45, 7) is 2.04. The molecule has 0 aliphatic carbocycles. The molecule has 2 aromatic heterocycles. The van der Waals surface area contributed by atoms with Crippen LogP contribution in [0.4, 0.5) is 4.79 Å². The van der Waals surface area contributed by atoms with Crippen LogP contribution in [0.3, 0.4) is 0 Å². The van der Waals surface area contributed by atoms with Crippen molar-refractivity contribution in [3.05, 3.63) is 41.6 Å². The van der Waals surface area contributed by atoms with Gasteiger partial charge < -0.3 is 0 Å². The number of thioether (sulfide) groups is 2. The van der Waals surface area contributed by atoms with Crippen molar-refractivity contribution in [1.82, 2.24) is 14.3 Å². The molecule has 3 rings (SSSR count). The van der Waals surface area contributed by atoms with E-state index in [2.05, 4.69) is 4.98 Å². The van der Waals surface area contributed by atoms with E-state index in [9.17, 15) is 9.59 Å². The van der Waals surface area contributed by atoms with Gasteiger partial charge in [-0.1, -0.05) is 37.2 Å². The van der Waals surface area contributed by atoms with Gasteiger partial charge in [-0.3, -0.25) is 18.9 Å². The van der Waals surface area contributed by atoms with Gasteiger partial charge in [-0.05, 0) is 30.3 Å². The van der Waals surface area contributed by atoms with Gasteiger partial charge in [0.25, 0.3) is 11.1 Å². The van der Waals surface area contributed by atoms with E-state index in [0.29, 0.717) is 10.8 Å². The number of carbonyl (C=O) groups is 2. The predicted molar refractivity (Wildman–Crippen MR) is 88.7 cm³/mol. The molecule has 1 saturated heterocycles. The zero-order chi connectivity index (χ0) is 15.5. The maximum absolute atomic E-state index is 12.2. The second kappa shape index (κ2) is 6.58. The van der Waals surface area contributed by atoms with E-state index in [4.69, 9.17) is 0 Å². The first kappa shape index (κ1) is 15.2. The number of imidazole rings is 1. The number of nitrogens with zero attached hydrogens (tertiary/aromatic N) is 3. The molecule has 2 aromatic rings. The smallest absolute Gasteiger partial charge is 0.294 e. The Labute approximate surface area is 136 Å². The highest BCUT2D eigenvalue weighted by molar-refractivity contribution is 8.18. The monoisotopic (exact) mass is 333 g/mol. The fourth-order valence-corrected chi connectivity index (χ4v) is 3.98. The number of allylic oxidation sites excluding steroid dienone is 1. The molecule has 2 amide bonds. The average Bonchev–Trinajstić information content (AvgIpc) is 3.09. The number of pyridine rings is 1. The van der Waals surface area contributed by atoms with Crippen LogP contribution in [0, 0.1) is 0 Å². The van der Waals surface area contributed by atoms with E-state index in [1.54, 1.807) is 6.20 Å². The van der Waals surface area contributed by atoms with Crippen LogP contribution in [0.2, 0.25) is 0 Å². The lowest BCUT2D eigenvalue weighted by Crippen LogP contribution is -2.27. The largest absolute Gasteiger partial charge is 0.294 e. The summed E-state index contributed by atoms with van der Waals surface area (Å²) in [5.41, 5.74) is 0.849. The van der Waals surface area contributed by atoms with E-state index in [0.717, 1.165) is 35.3 Å². The minimum Gasteiger partial charge on any atom is -0.294 e. The maximum Gasteiger partial charge on any atom is 0.294 e. The van der Waals surface area contributed by atoms with E-state index in [-0.39, 0.29) is 11.1 Å². The quantitative estimate of drug-likeness (QED) is 0.616. The molecule has 0 N–H and O–H groups in total. The summed E-state index contributed by atoms with van der Waals surface area (Å²) >= 11 is 2.48. The molecule has 5 nitrogen and oxygen atoms in total. The molecule has 1 fully saturated rings. The summed E-state index contributed by atoms with van der Waals surface area (Å²) in [7, 11) is 0. The lowest BCUT2D eigenvalue weighted by Gasteiger charge is -2.12. The average molecular weight is 333 g/mol. The molecular weight excluding hydrogens is 318 g/mol. The molecule has 0 spiro atoms. The van der Waals surface area contributed by atoms with Crippen LogP contribution < -0.4 is 0 Å². The molecule has 0 unspecified atom stereocenters. The van der Waals surface area contributed by atoms with Crippen LogP contribution in [0.1, 0.15) is 19.8 Å². The minimum atomic E-state index is -0.197. The number of fused-ring (bicyclic) bond motifs is 1. The van der Waals surface area contributed by atoms with E-state index in [1.807, 2.05) is 41.8 Å². The number of aromatic nitrogens is 2. The van der Waals surface area contributed by atoms with E-state index in [1.165, 1.54) is 16.7 Å². The zero-order valence-corrected chi connectivity index (χ0v) is 13.7. The Morgan fingerprint density at radius 1 is 1.36 bits per heavy atom. The van der Waals surface area contributed by atoms with Gasteiger partial charge in [-0.2, -0.15) is 0 Å². The standard InChI is InChI=1S/C15H15N3O2S2/c1-2-3-5-11-14(19)18(15(20)22-11)10-21-13-7-4-6-12-16-8-9-17(12)13/h4-9H,2-3,10H2,1H3/b11-5+. The third-order valence-corrected chi connectivity index (χ3v) is 5.20. The summed E-state index contributed by atoms with van der Waals surface area (Å²) in [5.74, 6) is 0.125. The summed E-state index contributed by atoms with van der Waals surface area (Å²) in [6, 6.07) is 5.78. The molecule has 3 heterocycles. The predicted octanol–water partition coefficient (Wildman–Crippen LogP) is 3.76.